The minimum absolute atomic E-state index is 0.111. The van der Waals surface area contributed by atoms with Crippen LogP contribution in [-0.4, -0.2) is 69.8 Å². The van der Waals surface area contributed by atoms with Crippen molar-refractivity contribution in [3.8, 4) is 5.75 Å². The average Bonchev–Trinajstić information content (AvgIpc) is 2.97. The highest BCUT2D eigenvalue weighted by Gasteiger charge is 2.35. The number of carbonyl (C=O) groups is 3. The van der Waals surface area contributed by atoms with Gasteiger partial charge in [0.2, 0.25) is 0 Å². The van der Waals surface area contributed by atoms with E-state index in [0.29, 0.717) is 43.9 Å². The summed E-state index contributed by atoms with van der Waals surface area (Å²) in [7, 11) is 0. The topological polar surface area (TPSA) is 119 Å². The monoisotopic (exact) mass is 543 g/mol. The fourth-order valence-corrected chi connectivity index (χ4v) is 5.49. The summed E-state index contributed by atoms with van der Waals surface area (Å²) in [5, 5.41) is 23.5. The molecule has 2 aliphatic rings. The summed E-state index contributed by atoms with van der Waals surface area (Å²) in [5.41, 5.74) is 4.49. The number of hydrogen-bond donors (Lipinski definition) is 3. The number of ether oxygens (including phenoxy) is 1. The average molecular weight is 544 g/mol. The van der Waals surface area contributed by atoms with E-state index in [1.807, 2.05) is 54.6 Å². The molecule has 0 radical (unpaired) electrons. The molecule has 40 heavy (non-hydrogen) atoms. The van der Waals surface area contributed by atoms with Gasteiger partial charge in [0.05, 0.1) is 24.3 Å². The van der Waals surface area contributed by atoms with Gasteiger partial charge >= 0.3 is 6.09 Å². The van der Waals surface area contributed by atoms with Crippen molar-refractivity contribution in [3.05, 3.63) is 100 Å². The number of hydrogen-bond acceptors (Lipinski definition) is 5. The quantitative estimate of drug-likeness (QED) is 0.400. The van der Waals surface area contributed by atoms with Crippen molar-refractivity contribution in [2.24, 2.45) is 0 Å². The normalized spacial score (nSPS) is 17.1. The van der Waals surface area contributed by atoms with Gasteiger partial charge in [-0.2, -0.15) is 0 Å². The molecule has 1 unspecified atom stereocenters. The van der Waals surface area contributed by atoms with Crippen LogP contribution in [0.3, 0.4) is 0 Å². The van der Waals surface area contributed by atoms with E-state index in [0.717, 1.165) is 22.3 Å². The maximum absolute atomic E-state index is 13.3. The molecule has 3 N–H and O–H groups in total. The first-order chi connectivity index (χ1) is 19.4. The number of carboxylic acid groups (broad SMARTS) is 1. The van der Waals surface area contributed by atoms with E-state index >= 15 is 0 Å². The summed E-state index contributed by atoms with van der Waals surface area (Å²) >= 11 is 0. The molecule has 5 rings (SSSR count). The highest BCUT2D eigenvalue weighted by Crippen LogP contribution is 2.30. The van der Waals surface area contributed by atoms with Crippen molar-refractivity contribution in [3.63, 3.8) is 0 Å². The second-order valence-electron chi connectivity index (χ2n) is 10.1. The van der Waals surface area contributed by atoms with E-state index in [1.165, 1.54) is 4.90 Å². The lowest BCUT2D eigenvalue weighted by molar-refractivity contribution is 0.0382. The number of aliphatic hydroxyl groups excluding tert-OH is 1. The third kappa shape index (κ3) is 5.65. The zero-order valence-electron chi connectivity index (χ0n) is 22.4. The number of benzene rings is 3. The lowest BCUT2D eigenvalue weighted by Gasteiger charge is -2.37. The fourth-order valence-electron chi connectivity index (χ4n) is 5.49. The van der Waals surface area contributed by atoms with Crippen molar-refractivity contribution in [2.75, 3.05) is 19.7 Å². The Balaban J connectivity index is 1.30. The summed E-state index contributed by atoms with van der Waals surface area (Å²) in [6.07, 6.45) is -1.29. The predicted octanol–water partition coefficient (Wildman–Crippen LogP) is 3.48. The molecule has 0 bridgehead atoms. The molecule has 0 saturated carbocycles. The molecule has 0 aromatic heterocycles. The Morgan fingerprint density at radius 3 is 2.50 bits per heavy atom. The molecule has 9 heteroatoms. The molecular weight excluding hydrogens is 510 g/mol. The molecule has 2 aliphatic heterocycles. The molecule has 3 amide bonds. The Morgan fingerprint density at radius 1 is 1.05 bits per heavy atom. The summed E-state index contributed by atoms with van der Waals surface area (Å²) in [6.45, 7) is 3.18. The first-order valence-electron chi connectivity index (χ1n) is 13.5. The van der Waals surface area contributed by atoms with Crippen LogP contribution in [0, 0.1) is 0 Å². The smallest absolute Gasteiger partial charge is 0.407 e. The molecule has 0 aliphatic carbocycles. The van der Waals surface area contributed by atoms with Gasteiger partial charge in [-0.05, 0) is 54.2 Å². The Bertz CT molecular complexity index is 1410. The number of aliphatic hydroxyl groups is 1. The standard InChI is InChI=1S/C31H33N3O6/c1-2-40-28-16-24-22(12-13-33(30(24)37)18-20-8-4-3-5-9-20)14-25(28)29(36)32-17-27(35)26-15-21-10-6-7-11-23(21)19-34(26)31(38)39/h3-11,14,16,26-27,35H,2,12-13,15,17-19H2,1H3,(H,32,36)(H,38,39)/t26-,27?/m0/s1. The SMILES string of the molecule is CCOc1cc2c(cc1C(=O)NCC(O)[C@@H]1Cc3ccccc3CN1C(=O)O)CCN(Cc1ccccc1)C2=O. The van der Waals surface area contributed by atoms with Crippen LogP contribution in [-0.2, 0) is 25.9 Å². The van der Waals surface area contributed by atoms with Crippen molar-refractivity contribution in [1.29, 1.82) is 0 Å². The highest BCUT2D eigenvalue weighted by molar-refractivity contribution is 6.02. The second kappa shape index (κ2) is 11.8. The third-order valence-electron chi connectivity index (χ3n) is 7.58. The minimum atomic E-state index is -1.12. The van der Waals surface area contributed by atoms with Crippen molar-refractivity contribution < 1.29 is 29.3 Å². The minimum Gasteiger partial charge on any atom is -0.493 e. The maximum atomic E-state index is 13.3. The second-order valence-corrected chi connectivity index (χ2v) is 10.1. The maximum Gasteiger partial charge on any atom is 0.407 e. The van der Waals surface area contributed by atoms with Crippen LogP contribution >= 0.6 is 0 Å². The van der Waals surface area contributed by atoms with Crippen LogP contribution in [0.4, 0.5) is 4.79 Å². The summed E-state index contributed by atoms with van der Waals surface area (Å²) < 4.78 is 5.76. The number of nitrogens with zero attached hydrogens (tertiary/aromatic N) is 2. The zero-order chi connectivity index (χ0) is 28.2. The van der Waals surface area contributed by atoms with Gasteiger partial charge in [0.25, 0.3) is 11.8 Å². The van der Waals surface area contributed by atoms with E-state index < -0.39 is 24.1 Å². The van der Waals surface area contributed by atoms with E-state index in [1.54, 1.807) is 24.0 Å². The van der Waals surface area contributed by atoms with E-state index in [9.17, 15) is 24.6 Å². The van der Waals surface area contributed by atoms with Crippen molar-refractivity contribution >= 4 is 17.9 Å². The Kier molecular flexibility index (Phi) is 8.02. The molecule has 2 heterocycles. The molecule has 0 fully saturated rings. The predicted molar refractivity (Wildman–Crippen MR) is 148 cm³/mol. The lowest BCUT2D eigenvalue weighted by Crippen LogP contribution is -2.53. The van der Waals surface area contributed by atoms with E-state index in [-0.39, 0.29) is 24.6 Å². The molecule has 2 atom stereocenters. The van der Waals surface area contributed by atoms with Crippen molar-refractivity contribution in [2.45, 2.75) is 45.0 Å². The number of rotatable bonds is 8. The van der Waals surface area contributed by atoms with Gasteiger partial charge in [-0.15, -0.1) is 0 Å². The molecule has 208 valence electrons. The molecule has 0 spiro atoms. The van der Waals surface area contributed by atoms with Crippen LogP contribution in [0.15, 0.2) is 66.7 Å². The Labute approximate surface area is 233 Å². The van der Waals surface area contributed by atoms with Crippen LogP contribution in [0.2, 0.25) is 0 Å². The fraction of sp³-hybridized carbons (Fsp3) is 0.323. The van der Waals surface area contributed by atoms with Gasteiger partial charge in [0.1, 0.15) is 5.75 Å². The molecule has 9 nitrogen and oxygen atoms in total. The first-order valence-corrected chi connectivity index (χ1v) is 13.5. The Hall–Kier alpha value is -4.37. The van der Waals surface area contributed by atoms with E-state index in [4.69, 9.17) is 4.74 Å². The van der Waals surface area contributed by atoms with Gasteiger partial charge in [0.15, 0.2) is 0 Å². The lowest BCUT2D eigenvalue weighted by atomic mass is 9.91. The summed E-state index contributed by atoms with van der Waals surface area (Å²) in [6, 6.07) is 20.0. The number of fused-ring (bicyclic) bond motifs is 2. The van der Waals surface area contributed by atoms with Crippen LogP contribution < -0.4 is 10.1 Å². The van der Waals surface area contributed by atoms with Crippen LogP contribution in [0.1, 0.15) is 49.9 Å². The highest BCUT2D eigenvalue weighted by atomic mass is 16.5. The van der Waals surface area contributed by atoms with Crippen LogP contribution in [0.25, 0.3) is 0 Å². The largest absolute Gasteiger partial charge is 0.493 e. The van der Waals surface area contributed by atoms with E-state index in [2.05, 4.69) is 5.32 Å². The number of carbonyl (C=O) groups excluding carboxylic acids is 2. The summed E-state index contributed by atoms with van der Waals surface area (Å²) in [5.74, 6) is -0.274. The Morgan fingerprint density at radius 2 is 1.77 bits per heavy atom. The van der Waals surface area contributed by atoms with Gasteiger partial charge in [-0.3, -0.25) is 14.5 Å². The summed E-state index contributed by atoms with van der Waals surface area (Å²) in [4.78, 5) is 41.5. The van der Waals surface area contributed by atoms with Gasteiger partial charge in [-0.1, -0.05) is 54.6 Å². The first kappa shape index (κ1) is 27.2. The van der Waals surface area contributed by atoms with Gasteiger partial charge in [-0.25, -0.2) is 4.79 Å². The third-order valence-corrected chi connectivity index (χ3v) is 7.58. The van der Waals surface area contributed by atoms with Gasteiger partial charge in [0, 0.05) is 31.7 Å². The van der Waals surface area contributed by atoms with Crippen molar-refractivity contribution in [1.82, 2.24) is 15.1 Å². The molecular formula is C31H33N3O6. The van der Waals surface area contributed by atoms with Gasteiger partial charge < -0.3 is 25.2 Å². The molecule has 3 aromatic carbocycles. The molecule has 3 aromatic rings. The number of nitrogens with one attached hydrogen (secondary N) is 1. The molecule has 0 saturated heterocycles. The zero-order valence-corrected chi connectivity index (χ0v) is 22.4. The van der Waals surface area contributed by atoms with Crippen LogP contribution in [0.5, 0.6) is 5.75 Å². The number of amides is 3.